The maximum atomic E-state index is 12.2. The first-order valence-corrected chi connectivity index (χ1v) is 7.85. The van der Waals surface area contributed by atoms with Crippen molar-refractivity contribution in [1.82, 2.24) is 4.98 Å². The molecule has 0 saturated carbocycles. The van der Waals surface area contributed by atoms with Crippen molar-refractivity contribution in [2.24, 2.45) is 0 Å². The Bertz CT molecular complexity index is 908. The summed E-state index contributed by atoms with van der Waals surface area (Å²) in [6, 6.07) is 13.4. The molecule has 24 heavy (non-hydrogen) atoms. The van der Waals surface area contributed by atoms with E-state index < -0.39 is 5.97 Å². The number of H-pyrrole nitrogens is 1. The zero-order chi connectivity index (χ0) is 17.1. The van der Waals surface area contributed by atoms with Gasteiger partial charge in [0.1, 0.15) is 0 Å². The quantitative estimate of drug-likeness (QED) is 0.575. The molecule has 1 heterocycles. The van der Waals surface area contributed by atoms with Crippen LogP contribution < -0.4 is 0 Å². The van der Waals surface area contributed by atoms with Crippen LogP contribution in [0.15, 0.2) is 48.7 Å². The van der Waals surface area contributed by atoms with Gasteiger partial charge in [-0.2, -0.15) is 0 Å². The number of Topliss-reactive ketones (excluding diaryl/α,β-unsaturated/α-hetero) is 1. The minimum absolute atomic E-state index is 0.143. The summed E-state index contributed by atoms with van der Waals surface area (Å²) < 4.78 is 5.16. The fraction of sp³-hybridized carbons (Fsp3) is 0.200. The van der Waals surface area contributed by atoms with Gasteiger partial charge in [-0.25, -0.2) is 0 Å². The van der Waals surface area contributed by atoms with E-state index in [9.17, 15) is 9.59 Å². The Balaban J connectivity index is 1.62. The molecule has 0 spiro atoms. The predicted molar refractivity (Wildman–Crippen MR) is 93.2 cm³/mol. The standard InChI is InChI=1S/C20H19NO3/c1-13-7-8-16(14(2)9-13)19(22)12-24-20(23)10-15-11-21-18-6-4-3-5-17(15)18/h3-9,11,21H,10,12H2,1-2H3. The van der Waals surface area contributed by atoms with Gasteiger partial charge in [0.2, 0.25) is 5.78 Å². The Morgan fingerprint density at radius 2 is 1.88 bits per heavy atom. The zero-order valence-electron chi connectivity index (χ0n) is 13.8. The van der Waals surface area contributed by atoms with E-state index in [1.165, 1.54) is 0 Å². The van der Waals surface area contributed by atoms with Gasteiger partial charge in [0.05, 0.1) is 6.42 Å². The van der Waals surface area contributed by atoms with E-state index in [2.05, 4.69) is 4.98 Å². The molecule has 4 heteroatoms. The van der Waals surface area contributed by atoms with Gasteiger partial charge in [-0.3, -0.25) is 9.59 Å². The van der Waals surface area contributed by atoms with Gasteiger partial charge in [0.15, 0.2) is 6.61 Å². The van der Waals surface area contributed by atoms with Crippen molar-refractivity contribution < 1.29 is 14.3 Å². The summed E-state index contributed by atoms with van der Waals surface area (Å²) in [5.41, 5.74) is 4.44. The molecule has 0 aliphatic rings. The number of nitrogens with one attached hydrogen (secondary N) is 1. The lowest BCUT2D eigenvalue weighted by atomic mass is 10.0. The van der Waals surface area contributed by atoms with Crippen LogP contribution in [0.2, 0.25) is 0 Å². The van der Waals surface area contributed by atoms with Gasteiger partial charge in [0.25, 0.3) is 0 Å². The van der Waals surface area contributed by atoms with E-state index in [0.29, 0.717) is 5.56 Å². The minimum atomic E-state index is -0.405. The molecule has 0 fully saturated rings. The number of carbonyl (C=O) groups excluding carboxylic acids is 2. The van der Waals surface area contributed by atoms with Gasteiger partial charge >= 0.3 is 5.97 Å². The normalized spacial score (nSPS) is 10.8. The maximum absolute atomic E-state index is 12.2. The summed E-state index contributed by atoms with van der Waals surface area (Å²) >= 11 is 0. The Labute approximate surface area is 140 Å². The SMILES string of the molecule is Cc1ccc(C(=O)COC(=O)Cc2c[nH]c3ccccc23)c(C)c1. The highest BCUT2D eigenvalue weighted by molar-refractivity contribution is 5.99. The highest BCUT2D eigenvalue weighted by Gasteiger charge is 2.14. The Morgan fingerprint density at radius 1 is 1.08 bits per heavy atom. The number of para-hydroxylation sites is 1. The van der Waals surface area contributed by atoms with E-state index in [1.807, 2.05) is 50.2 Å². The van der Waals surface area contributed by atoms with Crippen LogP contribution in [0, 0.1) is 13.8 Å². The molecule has 4 nitrogen and oxygen atoms in total. The van der Waals surface area contributed by atoms with Crippen molar-refractivity contribution in [2.45, 2.75) is 20.3 Å². The van der Waals surface area contributed by atoms with E-state index in [1.54, 1.807) is 12.3 Å². The molecular weight excluding hydrogens is 302 g/mol. The molecule has 0 atom stereocenters. The molecule has 3 rings (SSSR count). The van der Waals surface area contributed by atoms with Crippen molar-refractivity contribution >= 4 is 22.7 Å². The second kappa shape index (κ2) is 6.71. The third-order valence-corrected chi connectivity index (χ3v) is 4.06. The van der Waals surface area contributed by atoms with Gasteiger partial charge in [-0.15, -0.1) is 0 Å². The molecule has 2 aromatic carbocycles. The lowest BCUT2D eigenvalue weighted by molar-refractivity contribution is -0.141. The van der Waals surface area contributed by atoms with Crippen molar-refractivity contribution in [2.75, 3.05) is 6.61 Å². The van der Waals surface area contributed by atoms with E-state index in [-0.39, 0.29) is 18.8 Å². The van der Waals surface area contributed by atoms with Crippen molar-refractivity contribution in [1.29, 1.82) is 0 Å². The molecule has 0 radical (unpaired) electrons. The number of aryl methyl sites for hydroxylation is 2. The largest absolute Gasteiger partial charge is 0.457 e. The maximum Gasteiger partial charge on any atom is 0.310 e. The number of rotatable bonds is 5. The highest BCUT2D eigenvalue weighted by atomic mass is 16.5. The number of aromatic amines is 1. The lowest BCUT2D eigenvalue weighted by Gasteiger charge is -2.07. The molecule has 0 saturated heterocycles. The number of benzene rings is 2. The van der Waals surface area contributed by atoms with Crippen LogP contribution in [0.1, 0.15) is 27.0 Å². The van der Waals surface area contributed by atoms with Gasteiger partial charge < -0.3 is 9.72 Å². The molecular formula is C20H19NO3. The first-order chi connectivity index (χ1) is 11.5. The Hall–Kier alpha value is -2.88. The van der Waals surface area contributed by atoms with Crippen LogP contribution in [-0.4, -0.2) is 23.3 Å². The fourth-order valence-corrected chi connectivity index (χ4v) is 2.83. The summed E-state index contributed by atoms with van der Waals surface area (Å²) in [7, 11) is 0. The number of hydrogen-bond donors (Lipinski definition) is 1. The van der Waals surface area contributed by atoms with Gasteiger partial charge in [0, 0.05) is 22.7 Å². The van der Waals surface area contributed by atoms with Gasteiger partial charge in [-0.1, -0.05) is 42.0 Å². The van der Waals surface area contributed by atoms with E-state index >= 15 is 0 Å². The summed E-state index contributed by atoms with van der Waals surface area (Å²) in [6.07, 6.45) is 1.95. The number of hydrogen-bond acceptors (Lipinski definition) is 3. The fourth-order valence-electron chi connectivity index (χ4n) is 2.83. The Morgan fingerprint density at radius 3 is 2.67 bits per heavy atom. The second-order valence-corrected chi connectivity index (χ2v) is 5.94. The van der Waals surface area contributed by atoms with Crippen LogP contribution in [0.5, 0.6) is 0 Å². The molecule has 1 aromatic heterocycles. The van der Waals surface area contributed by atoms with Crippen LogP contribution in [-0.2, 0) is 16.0 Å². The molecule has 0 aliphatic heterocycles. The summed E-state index contributed by atoms with van der Waals surface area (Å²) in [5.74, 6) is -0.586. The van der Waals surface area contributed by atoms with Crippen molar-refractivity contribution in [3.05, 3.63) is 70.9 Å². The first-order valence-electron chi connectivity index (χ1n) is 7.85. The lowest BCUT2D eigenvalue weighted by Crippen LogP contribution is -2.16. The Kier molecular flexibility index (Phi) is 4.47. The number of ketones is 1. The molecule has 1 N–H and O–H groups in total. The van der Waals surface area contributed by atoms with Crippen molar-refractivity contribution in [3.8, 4) is 0 Å². The molecule has 0 bridgehead atoms. The number of aromatic nitrogens is 1. The van der Waals surface area contributed by atoms with E-state index in [0.717, 1.165) is 27.6 Å². The molecule has 0 unspecified atom stereocenters. The van der Waals surface area contributed by atoms with Crippen LogP contribution in [0.25, 0.3) is 10.9 Å². The monoisotopic (exact) mass is 321 g/mol. The molecule has 122 valence electrons. The van der Waals surface area contributed by atoms with Crippen LogP contribution in [0.4, 0.5) is 0 Å². The topological polar surface area (TPSA) is 59.2 Å². The van der Waals surface area contributed by atoms with Gasteiger partial charge in [-0.05, 0) is 31.0 Å². The van der Waals surface area contributed by atoms with Crippen LogP contribution in [0.3, 0.4) is 0 Å². The third kappa shape index (κ3) is 3.38. The molecule has 0 aliphatic carbocycles. The average molecular weight is 321 g/mol. The zero-order valence-corrected chi connectivity index (χ0v) is 13.8. The number of fused-ring (bicyclic) bond motifs is 1. The average Bonchev–Trinajstić information content (AvgIpc) is 2.96. The predicted octanol–water partition coefficient (Wildman–Crippen LogP) is 3.75. The summed E-state index contributed by atoms with van der Waals surface area (Å²) in [5, 5.41) is 0.996. The van der Waals surface area contributed by atoms with Crippen LogP contribution >= 0.6 is 0 Å². The number of esters is 1. The summed E-state index contributed by atoms with van der Waals surface area (Å²) in [6.45, 7) is 3.63. The highest BCUT2D eigenvalue weighted by Crippen LogP contribution is 2.18. The third-order valence-electron chi connectivity index (χ3n) is 4.06. The van der Waals surface area contributed by atoms with E-state index in [4.69, 9.17) is 4.74 Å². The number of carbonyl (C=O) groups is 2. The molecule has 3 aromatic rings. The second-order valence-electron chi connectivity index (χ2n) is 5.94. The molecule has 0 amide bonds. The van der Waals surface area contributed by atoms with Crippen molar-refractivity contribution in [3.63, 3.8) is 0 Å². The smallest absolute Gasteiger partial charge is 0.310 e. The number of ether oxygens (including phenoxy) is 1. The first kappa shape index (κ1) is 16.0. The minimum Gasteiger partial charge on any atom is -0.457 e. The summed E-state index contributed by atoms with van der Waals surface area (Å²) in [4.78, 5) is 27.4.